The summed E-state index contributed by atoms with van der Waals surface area (Å²) in [6.07, 6.45) is 1.31. The minimum absolute atomic E-state index is 0.0613. The second kappa shape index (κ2) is 2.84. The lowest BCUT2D eigenvalue weighted by molar-refractivity contribution is 0.174. The maximum Gasteiger partial charge on any atom is 0.157 e. The summed E-state index contributed by atoms with van der Waals surface area (Å²) in [5.74, 6) is 0.793. The van der Waals surface area contributed by atoms with Crippen LogP contribution in [0.5, 0.6) is 0 Å². The molecule has 66 valence electrons. The van der Waals surface area contributed by atoms with Crippen LogP contribution in [0, 0.1) is 0 Å². The number of nitrogens with one attached hydrogen (secondary N) is 1. The molecule has 2 rings (SSSR count). The van der Waals surface area contributed by atoms with Crippen molar-refractivity contribution in [3.8, 4) is 0 Å². The SMILES string of the molecule is Cn1cnc(C2CNCC2O)n1. The Hall–Kier alpha value is -0.940. The van der Waals surface area contributed by atoms with Gasteiger partial charge in [-0.3, -0.25) is 4.68 Å². The van der Waals surface area contributed by atoms with E-state index in [1.165, 1.54) is 0 Å². The molecular formula is C7H12N4O. The zero-order valence-electron chi connectivity index (χ0n) is 6.94. The number of hydrogen-bond acceptors (Lipinski definition) is 4. The number of hydrogen-bond donors (Lipinski definition) is 2. The molecule has 2 heterocycles. The van der Waals surface area contributed by atoms with Crippen molar-refractivity contribution < 1.29 is 5.11 Å². The van der Waals surface area contributed by atoms with E-state index >= 15 is 0 Å². The van der Waals surface area contributed by atoms with E-state index in [0.717, 1.165) is 12.4 Å². The van der Waals surface area contributed by atoms with Crippen LogP contribution in [0.1, 0.15) is 11.7 Å². The highest BCUT2D eigenvalue weighted by Gasteiger charge is 2.29. The Morgan fingerprint density at radius 3 is 3.00 bits per heavy atom. The van der Waals surface area contributed by atoms with Crippen LogP contribution in [0.25, 0.3) is 0 Å². The molecule has 1 aliphatic rings. The van der Waals surface area contributed by atoms with Crippen LogP contribution in [0.2, 0.25) is 0 Å². The van der Waals surface area contributed by atoms with Crippen LogP contribution in [0.3, 0.4) is 0 Å². The van der Waals surface area contributed by atoms with Crippen molar-refractivity contribution in [1.82, 2.24) is 20.1 Å². The van der Waals surface area contributed by atoms with Crippen molar-refractivity contribution in [2.24, 2.45) is 7.05 Å². The topological polar surface area (TPSA) is 63.0 Å². The van der Waals surface area contributed by atoms with Crippen LogP contribution in [0.15, 0.2) is 6.33 Å². The summed E-state index contributed by atoms with van der Waals surface area (Å²) < 4.78 is 1.65. The summed E-state index contributed by atoms with van der Waals surface area (Å²) in [6, 6.07) is 0. The lowest BCUT2D eigenvalue weighted by Gasteiger charge is -2.07. The standard InChI is InChI=1S/C7H12N4O/c1-11-4-9-7(10-11)5-2-8-3-6(5)12/h4-6,8,12H,2-3H2,1H3. The normalized spacial score (nSPS) is 29.5. The van der Waals surface area contributed by atoms with Gasteiger partial charge < -0.3 is 10.4 Å². The van der Waals surface area contributed by atoms with Crippen molar-refractivity contribution in [3.63, 3.8) is 0 Å². The number of aliphatic hydroxyl groups is 1. The fraction of sp³-hybridized carbons (Fsp3) is 0.714. The number of β-amino-alcohol motifs (C(OH)–C–C–N with tert-alkyl or cyclic N) is 1. The number of rotatable bonds is 1. The highest BCUT2D eigenvalue weighted by atomic mass is 16.3. The summed E-state index contributed by atoms with van der Waals surface area (Å²) in [5.41, 5.74) is 0. The molecule has 2 N–H and O–H groups in total. The quantitative estimate of drug-likeness (QED) is 0.556. The second-order valence-corrected chi connectivity index (χ2v) is 3.11. The Bertz CT molecular complexity index is 272. The van der Waals surface area contributed by atoms with E-state index < -0.39 is 0 Å². The van der Waals surface area contributed by atoms with E-state index in [1.807, 2.05) is 7.05 Å². The minimum Gasteiger partial charge on any atom is -0.391 e. The molecule has 1 aromatic rings. The summed E-state index contributed by atoms with van der Waals surface area (Å²) in [6.45, 7) is 1.41. The van der Waals surface area contributed by atoms with Crippen LogP contribution < -0.4 is 5.32 Å². The molecule has 0 aliphatic carbocycles. The van der Waals surface area contributed by atoms with E-state index in [0.29, 0.717) is 6.54 Å². The summed E-state index contributed by atoms with van der Waals surface area (Å²) in [5, 5.41) is 16.7. The molecule has 1 fully saturated rings. The van der Waals surface area contributed by atoms with Crippen LogP contribution in [-0.4, -0.2) is 39.1 Å². The lowest BCUT2D eigenvalue weighted by Crippen LogP contribution is -2.17. The van der Waals surface area contributed by atoms with Gasteiger partial charge in [0.2, 0.25) is 0 Å². The predicted octanol–water partition coefficient (Wildman–Crippen LogP) is -1.14. The van der Waals surface area contributed by atoms with E-state index in [9.17, 15) is 5.11 Å². The molecule has 0 saturated carbocycles. The summed E-state index contributed by atoms with van der Waals surface area (Å²) in [7, 11) is 1.82. The van der Waals surface area contributed by atoms with Gasteiger partial charge in [0.25, 0.3) is 0 Å². The maximum absolute atomic E-state index is 9.50. The number of aromatic nitrogens is 3. The zero-order valence-corrected chi connectivity index (χ0v) is 6.94. The van der Waals surface area contributed by atoms with Gasteiger partial charge in [0.1, 0.15) is 6.33 Å². The van der Waals surface area contributed by atoms with E-state index in [4.69, 9.17) is 0 Å². The van der Waals surface area contributed by atoms with Crippen molar-refractivity contribution in [3.05, 3.63) is 12.2 Å². The Labute approximate surface area is 70.4 Å². The third kappa shape index (κ3) is 1.21. The minimum atomic E-state index is -0.340. The Morgan fingerprint density at radius 2 is 2.50 bits per heavy atom. The molecule has 1 saturated heterocycles. The Morgan fingerprint density at radius 1 is 1.67 bits per heavy atom. The Kier molecular flexibility index (Phi) is 1.82. The van der Waals surface area contributed by atoms with Gasteiger partial charge >= 0.3 is 0 Å². The average Bonchev–Trinajstić information content (AvgIpc) is 2.58. The van der Waals surface area contributed by atoms with Gasteiger partial charge in [-0.15, -0.1) is 0 Å². The highest BCUT2D eigenvalue weighted by Crippen LogP contribution is 2.18. The highest BCUT2D eigenvalue weighted by molar-refractivity contribution is 5.02. The van der Waals surface area contributed by atoms with Gasteiger partial charge in [0.15, 0.2) is 5.82 Å². The third-order valence-corrected chi connectivity index (χ3v) is 2.13. The fourth-order valence-corrected chi connectivity index (χ4v) is 1.45. The molecule has 0 amide bonds. The molecule has 0 radical (unpaired) electrons. The van der Waals surface area contributed by atoms with Crippen molar-refractivity contribution in [2.75, 3.05) is 13.1 Å². The number of nitrogens with zero attached hydrogens (tertiary/aromatic N) is 3. The third-order valence-electron chi connectivity index (χ3n) is 2.13. The molecule has 0 bridgehead atoms. The van der Waals surface area contributed by atoms with Gasteiger partial charge in [-0.25, -0.2) is 4.98 Å². The van der Waals surface area contributed by atoms with Gasteiger partial charge in [0.05, 0.1) is 12.0 Å². The van der Waals surface area contributed by atoms with Crippen LogP contribution in [0.4, 0.5) is 0 Å². The molecule has 12 heavy (non-hydrogen) atoms. The first-order valence-electron chi connectivity index (χ1n) is 4.01. The largest absolute Gasteiger partial charge is 0.391 e. The van der Waals surface area contributed by atoms with Gasteiger partial charge in [0, 0.05) is 20.1 Å². The van der Waals surface area contributed by atoms with E-state index in [1.54, 1.807) is 11.0 Å². The molecule has 2 unspecified atom stereocenters. The van der Waals surface area contributed by atoms with Gasteiger partial charge in [-0.2, -0.15) is 5.10 Å². The molecule has 1 aliphatic heterocycles. The van der Waals surface area contributed by atoms with Crippen LogP contribution in [-0.2, 0) is 7.05 Å². The Balaban J connectivity index is 2.19. The maximum atomic E-state index is 9.50. The monoisotopic (exact) mass is 168 g/mol. The number of aliphatic hydroxyl groups excluding tert-OH is 1. The molecular weight excluding hydrogens is 156 g/mol. The summed E-state index contributed by atoms with van der Waals surface area (Å²) in [4.78, 5) is 4.10. The molecule has 2 atom stereocenters. The first-order chi connectivity index (χ1) is 5.77. The van der Waals surface area contributed by atoms with E-state index in [2.05, 4.69) is 15.4 Å². The van der Waals surface area contributed by atoms with Crippen molar-refractivity contribution in [2.45, 2.75) is 12.0 Å². The smallest absolute Gasteiger partial charge is 0.157 e. The van der Waals surface area contributed by atoms with Gasteiger partial charge in [-0.1, -0.05) is 0 Å². The van der Waals surface area contributed by atoms with Crippen LogP contribution >= 0.6 is 0 Å². The van der Waals surface area contributed by atoms with Gasteiger partial charge in [-0.05, 0) is 0 Å². The van der Waals surface area contributed by atoms with Crippen molar-refractivity contribution >= 4 is 0 Å². The predicted molar refractivity (Wildman–Crippen MR) is 42.6 cm³/mol. The zero-order chi connectivity index (χ0) is 8.55. The first kappa shape index (κ1) is 7.70. The molecule has 1 aromatic heterocycles. The molecule has 0 aromatic carbocycles. The fourth-order valence-electron chi connectivity index (χ4n) is 1.45. The second-order valence-electron chi connectivity index (χ2n) is 3.11. The summed E-state index contributed by atoms with van der Waals surface area (Å²) >= 11 is 0. The van der Waals surface area contributed by atoms with Crippen molar-refractivity contribution in [1.29, 1.82) is 0 Å². The molecule has 0 spiro atoms. The number of aryl methyl sites for hydroxylation is 1. The molecule has 5 nitrogen and oxygen atoms in total. The molecule has 5 heteroatoms. The average molecular weight is 168 g/mol. The van der Waals surface area contributed by atoms with E-state index in [-0.39, 0.29) is 12.0 Å². The lowest BCUT2D eigenvalue weighted by atomic mass is 10.1. The first-order valence-corrected chi connectivity index (χ1v) is 4.01.